The fourth-order valence-corrected chi connectivity index (χ4v) is 0. The molecule has 0 aromatic heterocycles. The van der Waals surface area contributed by atoms with Crippen molar-refractivity contribution in [2.45, 2.75) is 0 Å². The van der Waals surface area contributed by atoms with Gasteiger partial charge in [-0.25, -0.2) is 0 Å². The summed E-state index contributed by atoms with van der Waals surface area (Å²) in [5.74, 6) is 0. The van der Waals surface area contributed by atoms with E-state index in [9.17, 15) is 0 Å². The monoisotopic (exact) mass is 135 g/mol. The zero-order chi connectivity index (χ0) is 2.71. The Kier molecular flexibility index (Phi) is 117. The van der Waals surface area contributed by atoms with Gasteiger partial charge in [0.1, 0.15) is 0 Å². The Balaban J connectivity index is -0.00000000667. The molecule has 0 unspecified atom stereocenters. The first-order valence-electron chi connectivity index (χ1n) is 0.494. The van der Waals surface area contributed by atoms with Gasteiger partial charge >= 0.3 is 51.4 Å². The Morgan fingerprint density at radius 3 is 1.50 bits per heavy atom. The van der Waals surface area contributed by atoms with Crippen LogP contribution in [0, 0.1) is 0 Å². The maximum absolute atomic E-state index is 8.36. The molecule has 3 nitrogen and oxygen atoms in total. The molecule has 6 heavy (non-hydrogen) atoms. The summed E-state index contributed by atoms with van der Waals surface area (Å²) in [4.78, 5) is 0. The molecule has 0 aliphatic carbocycles. The van der Waals surface area contributed by atoms with Gasteiger partial charge in [-0.05, 0) is 0 Å². The molecule has 1 radical (unpaired) electrons. The molecule has 0 aliphatic rings. The molecule has 0 aromatic rings. The SMILES string of the molecule is [K+].[O-][B]O.[OH-].[SH3+]. The van der Waals surface area contributed by atoms with Crippen molar-refractivity contribution in [2.75, 3.05) is 0 Å². The predicted octanol–water partition coefficient (Wildman–Crippen LogP) is -6.11. The van der Waals surface area contributed by atoms with Gasteiger partial charge in [-0.3, -0.25) is 0 Å². The standard InChI is InChI=1S/BHO2.K.H2O.H2S/c2-1-3;;;/h2H;;2*1H2/q-1;+1;;. The second-order valence-electron chi connectivity index (χ2n) is 0.105. The van der Waals surface area contributed by atoms with Gasteiger partial charge in [0, 0.05) is 0 Å². The molecular formula is H5BKO3S. The molecule has 0 saturated heterocycles. The van der Waals surface area contributed by atoms with E-state index in [4.69, 9.17) is 10.0 Å². The minimum atomic E-state index is -0.250. The molecule has 0 aliphatic heterocycles. The summed E-state index contributed by atoms with van der Waals surface area (Å²) >= 11 is 0. The van der Waals surface area contributed by atoms with Crippen molar-refractivity contribution in [3.8, 4) is 0 Å². The topological polar surface area (TPSA) is 73.3 Å². The molecule has 0 rings (SSSR count). The van der Waals surface area contributed by atoms with E-state index in [-0.39, 0.29) is 78.0 Å². The van der Waals surface area contributed by atoms with E-state index in [0.29, 0.717) is 0 Å². The molecule has 0 bridgehead atoms. The fraction of sp³-hybridized carbons (Fsp3) is 0. The first kappa shape index (κ1) is 24.7. The zero-order valence-electron chi connectivity index (χ0n) is 3.46. The average molecular weight is 135 g/mol. The summed E-state index contributed by atoms with van der Waals surface area (Å²) in [5.41, 5.74) is 0. The van der Waals surface area contributed by atoms with Crippen LogP contribution in [-0.2, 0) is 13.5 Å². The Labute approximate surface area is 86.6 Å². The molecule has 0 aromatic carbocycles. The van der Waals surface area contributed by atoms with Gasteiger partial charge in [-0.15, -0.1) is 0 Å². The maximum Gasteiger partial charge on any atom is 1.00 e. The van der Waals surface area contributed by atoms with Crippen molar-refractivity contribution in [2.24, 2.45) is 0 Å². The first-order chi connectivity index (χ1) is 1.41. The number of hydrogen-bond acceptors (Lipinski definition) is 3. The van der Waals surface area contributed by atoms with Crippen LogP contribution in [0.25, 0.3) is 0 Å². The summed E-state index contributed by atoms with van der Waals surface area (Å²) in [6, 6.07) is 0. The molecule has 33 valence electrons. The van der Waals surface area contributed by atoms with Crippen molar-refractivity contribution in [3.05, 3.63) is 0 Å². The van der Waals surface area contributed by atoms with Crippen LogP contribution in [-0.4, -0.2) is 18.2 Å². The Morgan fingerprint density at radius 2 is 1.50 bits per heavy atom. The zero-order valence-corrected chi connectivity index (χ0v) is 7.74. The van der Waals surface area contributed by atoms with Crippen LogP contribution < -0.4 is 56.4 Å². The van der Waals surface area contributed by atoms with Crippen molar-refractivity contribution < 1.29 is 66.9 Å². The molecule has 0 saturated carbocycles. The summed E-state index contributed by atoms with van der Waals surface area (Å²) in [5, 5.41) is 15.2. The van der Waals surface area contributed by atoms with Gasteiger partial charge in [-0.1, -0.05) is 13.5 Å². The van der Waals surface area contributed by atoms with Crippen molar-refractivity contribution in [1.82, 2.24) is 0 Å². The predicted molar refractivity (Wildman–Crippen MR) is 21.5 cm³/mol. The van der Waals surface area contributed by atoms with E-state index >= 15 is 0 Å². The van der Waals surface area contributed by atoms with Gasteiger partial charge in [0.2, 0.25) is 0 Å². The minimum Gasteiger partial charge on any atom is -0.870 e. The van der Waals surface area contributed by atoms with Crippen molar-refractivity contribution in [1.29, 1.82) is 0 Å². The Hall–Kier alpha value is 1.93. The van der Waals surface area contributed by atoms with E-state index in [1.165, 1.54) is 0 Å². The Morgan fingerprint density at radius 1 is 1.50 bits per heavy atom. The Bertz CT molecular complexity index is 10.8. The van der Waals surface area contributed by atoms with Crippen molar-refractivity contribution in [3.63, 3.8) is 0 Å². The molecule has 0 heterocycles. The molecule has 0 atom stereocenters. The molecule has 0 spiro atoms. The fourth-order valence-electron chi connectivity index (χ4n) is 0. The minimum absolute atomic E-state index is 0. The van der Waals surface area contributed by atoms with Crippen LogP contribution in [0.5, 0.6) is 0 Å². The van der Waals surface area contributed by atoms with Crippen molar-refractivity contribution >= 4 is 21.2 Å². The second kappa shape index (κ2) is 28.4. The number of hydrogen-bond donors (Lipinski definition) is 1. The summed E-state index contributed by atoms with van der Waals surface area (Å²) in [7, 11) is -0.250. The van der Waals surface area contributed by atoms with Crippen LogP contribution in [0.15, 0.2) is 0 Å². The maximum atomic E-state index is 8.36. The van der Waals surface area contributed by atoms with Gasteiger partial charge in [-0.2, -0.15) is 0 Å². The normalized spacial score (nSPS) is 2.33. The molecule has 2 N–H and O–H groups in total. The van der Waals surface area contributed by atoms with E-state index in [0.717, 1.165) is 0 Å². The van der Waals surface area contributed by atoms with Gasteiger partial charge in [0.15, 0.2) is 7.69 Å². The average Bonchev–Trinajstić information content (AvgIpc) is 0.918. The quantitative estimate of drug-likeness (QED) is 0.265. The molecule has 0 amide bonds. The molecule has 6 heteroatoms. The van der Waals surface area contributed by atoms with E-state index in [2.05, 4.69) is 0 Å². The summed E-state index contributed by atoms with van der Waals surface area (Å²) in [6.07, 6.45) is 0. The third-order valence-corrected chi connectivity index (χ3v) is 0. The molecular weight excluding hydrogens is 130 g/mol. The second-order valence-corrected chi connectivity index (χ2v) is 0.105. The van der Waals surface area contributed by atoms with Crippen LogP contribution in [0.4, 0.5) is 0 Å². The van der Waals surface area contributed by atoms with Gasteiger partial charge in [0.05, 0.1) is 0 Å². The molecule has 0 fully saturated rings. The third-order valence-electron chi connectivity index (χ3n) is 0. The summed E-state index contributed by atoms with van der Waals surface area (Å²) in [6.45, 7) is 0. The van der Waals surface area contributed by atoms with Gasteiger partial charge in [0.25, 0.3) is 0 Å². The largest absolute Gasteiger partial charge is 1.00 e. The van der Waals surface area contributed by atoms with E-state index in [1.807, 2.05) is 0 Å². The van der Waals surface area contributed by atoms with Gasteiger partial charge < -0.3 is 15.5 Å². The smallest absolute Gasteiger partial charge is 0.870 e. The first-order valence-corrected chi connectivity index (χ1v) is 0.494. The summed E-state index contributed by atoms with van der Waals surface area (Å²) < 4.78 is 0. The van der Waals surface area contributed by atoms with Crippen LogP contribution in [0.1, 0.15) is 0 Å². The number of rotatable bonds is 0. The van der Waals surface area contributed by atoms with Crippen LogP contribution in [0.3, 0.4) is 0 Å². The van der Waals surface area contributed by atoms with E-state index in [1.54, 1.807) is 0 Å². The third kappa shape index (κ3) is 38.7. The van der Waals surface area contributed by atoms with Crippen LogP contribution >= 0.6 is 0 Å². The van der Waals surface area contributed by atoms with E-state index < -0.39 is 0 Å². The van der Waals surface area contributed by atoms with Crippen LogP contribution in [0.2, 0.25) is 0 Å².